The molecule has 0 aliphatic rings. The zero-order valence-electron chi connectivity index (χ0n) is 6.69. The molecule has 0 amide bonds. The van der Waals surface area contributed by atoms with Crippen LogP contribution in [0.15, 0.2) is 0 Å². The topological polar surface area (TPSA) is 30.7 Å². The predicted octanol–water partition coefficient (Wildman–Crippen LogP) is 0.888. The van der Waals surface area contributed by atoms with Crippen LogP contribution in [0, 0.1) is 0 Å². The second kappa shape index (κ2) is 2.89. The van der Waals surface area contributed by atoms with E-state index in [2.05, 4.69) is 10.3 Å². The van der Waals surface area contributed by atoms with Gasteiger partial charge in [0.2, 0.25) is 0 Å². The van der Waals surface area contributed by atoms with Crippen molar-refractivity contribution in [3.05, 3.63) is 5.69 Å². The number of nitrogens with zero attached hydrogens (tertiary/aromatic N) is 3. The summed E-state index contributed by atoms with van der Waals surface area (Å²) in [6, 6.07) is 0. The summed E-state index contributed by atoms with van der Waals surface area (Å²) in [4.78, 5) is 0. The summed E-state index contributed by atoms with van der Waals surface area (Å²) in [5.74, 6) is 0. The molecule has 1 aromatic heterocycles. The molecule has 10 heteroatoms. The first kappa shape index (κ1) is 10.9. The van der Waals surface area contributed by atoms with E-state index in [9.17, 15) is 26.1 Å². The fraction of sp³-hybridized carbons (Fsp3) is 0.500. The van der Waals surface area contributed by atoms with Gasteiger partial charge in [-0.25, -0.2) is 0 Å². The third-order valence-electron chi connectivity index (χ3n) is 1.45. The van der Waals surface area contributed by atoms with Crippen molar-refractivity contribution in [1.29, 1.82) is 0 Å². The first-order valence-electron chi connectivity index (χ1n) is 3.30. The Morgan fingerprint density at radius 3 is 2.00 bits per heavy atom. The number of aryl methyl sites for hydroxylation is 1. The molecule has 0 saturated carbocycles. The molecule has 14 heavy (non-hydrogen) atoms. The highest BCUT2D eigenvalue weighted by Gasteiger charge is 2.44. The van der Waals surface area contributed by atoms with Crippen LogP contribution in [-0.4, -0.2) is 22.0 Å². The van der Waals surface area contributed by atoms with Crippen LogP contribution in [-0.2, 0) is 13.2 Å². The highest BCUT2D eigenvalue weighted by atomic mass is 19.4. The molecule has 1 aromatic rings. The Morgan fingerprint density at radius 1 is 1.21 bits per heavy atom. The van der Waals surface area contributed by atoms with Gasteiger partial charge in [0.15, 0.2) is 5.69 Å². The van der Waals surface area contributed by atoms with Crippen molar-refractivity contribution in [2.75, 3.05) is 0 Å². The van der Waals surface area contributed by atoms with E-state index >= 15 is 0 Å². The monoisotopic (exact) mass is 218 g/mol. The molecule has 0 aliphatic heterocycles. The minimum absolute atomic E-state index is 0.0722. The van der Waals surface area contributed by atoms with Gasteiger partial charge in [-0.3, -0.25) is 4.68 Å². The average Bonchev–Trinajstić information content (AvgIpc) is 2.27. The standard InChI is InChI=1S/C4H3BF6N3/c1-14-3(5(9,10)11)2(12-13-14)4(6,7)8/h1H3/q-1. The van der Waals surface area contributed by atoms with Crippen molar-refractivity contribution in [3.8, 4) is 0 Å². The van der Waals surface area contributed by atoms with Crippen LogP contribution in [0.4, 0.5) is 26.1 Å². The van der Waals surface area contributed by atoms with Crippen molar-refractivity contribution < 1.29 is 26.1 Å². The molecule has 0 spiro atoms. The van der Waals surface area contributed by atoms with E-state index in [0.717, 1.165) is 7.05 Å². The van der Waals surface area contributed by atoms with E-state index in [1.165, 1.54) is 0 Å². The van der Waals surface area contributed by atoms with Crippen LogP contribution in [0.3, 0.4) is 0 Å². The number of hydrogen-bond acceptors (Lipinski definition) is 2. The molecule has 0 saturated heterocycles. The lowest BCUT2D eigenvalue weighted by atomic mass is 9.84. The minimum atomic E-state index is -5.77. The molecule has 0 radical (unpaired) electrons. The Kier molecular flexibility index (Phi) is 2.24. The largest absolute Gasteiger partial charge is 0.529 e. The van der Waals surface area contributed by atoms with Gasteiger partial charge in [-0.2, -0.15) is 13.2 Å². The lowest BCUT2D eigenvalue weighted by Gasteiger charge is -2.16. The molecule has 0 aromatic carbocycles. The number of aromatic nitrogens is 3. The van der Waals surface area contributed by atoms with Crippen LogP contribution in [0.2, 0.25) is 0 Å². The maximum Gasteiger partial charge on any atom is 0.529 e. The van der Waals surface area contributed by atoms with Crippen molar-refractivity contribution in [2.24, 2.45) is 7.05 Å². The zero-order chi connectivity index (χ0) is 11.1. The molecule has 3 nitrogen and oxygen atoms in total. The van der Waals surface area contributed by atoms with Crippen LogP contribution in [0.1, 0.15) is 5.69 Å². The molecular weight excluding hydrogens is 215 g/mol. The average molecular weight is 218 g/mol. The maximum atomic E-state index is 12.1. The van der Waals surface area contributed by atoms with Gasteiger partial charge in [-0.1, -0.05) is 5.21 Å². The summed E-state index contributed by atoms with van der Waals surface area (Å²) in [5.41, 5.74) is -3.83. The third kappa shape index (κ3) is 1.83. The molecule has 1 rings (SSSR count). The number of rotatable bonds is 1. The predicted molar refractivity (Wildman–Crippen MR) is 34.7 cm³/mol. The SMILES string of the molecule is Cn1nnc(C(F)(F)F)c1[B-](F)(F)F. The first-order valence-corrected chi connectivity index (χ1v) is 3.30. The number of halogens is 6. The smallest absolute Gasteiger partial charge is 0.444 e. The highest BCUT2D eigenvalue weighted by molar-refractivity contribution is 6.73. The van der Waals surface area contributed by atoms with Crippen LogP contribution >= 0.6 is 0 Å². The quantitative estimate of drug-likeness (QED) is 0.517. The summed E-state index contributed by atoms with van der Waals surface area (Å²) in [6.45, 7) is -5.77. The second-order valence-corrected chi connectivity index (χ2v) is 2.52. The molecule has 0 N–H and O–H groups in total. The molecular formula is C4H3BF6N3-. The normalized spacial score (nSPS) is 13.4. The van der Waals surface area contributed by atoms with Crippen LogP contribution < -0.4 is 5.59 Å². The minimum Gasteiger partial charge on any atom is -0.444 e. The van der Waals surface area contributed by atoms with Gasteiger partial charge in [0.25, 0.3) is 0 Å². The number of hydrogen-bond donors (Lipinski definition) is 0. The highest BCUT2D eigenvalue weighted by Crippen LogP contribution is 2.28. The Morgan fingerprint density at radius 2 is 1.71 bits per heavy atom. The lowest BCUT2D eigenvalue weighted by molar-refractivity contribution is -0.140. The van der Waals surface area contributed by atoms with E-state index in [0.29, 0.717) is 0 Å². The van der Waals surface area contributed by atoms with E-state index in [-0.39, 0.29) is 4.68 Å². The maximum absolute atomic E-state index is 12.1. The molecule has 0 aliphatic carbocycles. The number of alkyl halides is 3. The van der Waals surface area contributed by atoms with Gasteiger partial charge >= 0.3 is 13.2 Å². The van der Waals surface area contributed by atoms with Crippen LogP contribution in [0.5, 0.6) is 0 Å². The van der Waals surface area contributed by atoms with E-state index in [4.69, 9.17) is 0 Å². The zero-order valence-corrected chi connectivity index (χ0v) is 6.69. The van der Waals surface area contributed by atoms with Gasteiger partial charge in [-0.15, -0.1) is 5.10 Å². The van der Waals surface area contributed by atoms with Crippen molar-refractivity contribution >= 4 is 12.6 Å². The van der Waals surface area contributed by atoms with Gasteiger partial charge in [0, 0.05) is 12.6 Å². The summed E-state index contributed by atoms with van der Waals surface area (Å²) < 4.78 is 72.4. The first-order chi connectivity index (χ1) is 6.14. The molecule has 1 heterocycles. The van der Waals surface area contributed by atoms with Crippen molar-refractivity contribution in [3.63, 3.8) is 0 Å². The molecule has 0 fully saturated rings. The van der Waals surface area contributed by atoms with Gasteiger partial charge in [0.1, 0.15) is 0 Å². The summed E-state index contributed by atoms with van der Waals surface area (Å²) in [7, 11) is 0.757. The Hall–Kier alpha value is -1.22. The lowest BCUT2D eigenvalue weighted by Crippen LogP contribution is -2.43. The van der Waals surface area contributed by atoms with Crippen molar-refractivity contribution in [2.45, 2.75) is 6.18 Å². The Balaban J connectivity index is 3.35. The fourth-order valence-corrected chi connectivity index (χ4v) is 0.933. The van der Waals surface area contributed by atoms with E-state index in [1.54, 1.807) is 0 Å². The summed E-state index contributed by atoms with van der Waals surface area (Å²) in [5, 5.41) is 5.13. The van der Waals surface area contributed by atoms with Gasteiger partial charge < -0.3 is 12.9 Å². The molecule has 0 bridgehead atoms. The van der Waals surface area contributed by atoms with E-state index < -0.39 is 24.4 Å². The summed E-state index contributed by atoms with van der Waals surface area (Å²) >= 11 is 0. The summed E-state index contributed by atoms with van der Waals surface area (Å²) in [6.07, 6.45) is -5.14. The van der Waals surface area contributed by atoms with Gasteiger partial charge in [-0.05, 0) is 0 Å². The molecule has 0 unspecified atom stereocenters. The van der Waals surface area contributed by atoms with Gasteiger partial charge in [0.05, 0.1) is 0 Å². The Bertz CT molecular complexity index is 338. The van der Waals surface area contributed by atoms with Crippen LogP contribution in [0.25, 0.3) is 0 Å². The Labute approximate surface area is 73.8 Å². The van der Waals surface area contributed by atoms with Crippen molar-refractivity contribution in [1.82, 2.24) is 15.0 Å². The molecule has 0 atom stereocenters. The second-order valence-electron chi connectivity index (χ2n) is 2.52. The molecule has 80 valence electrons. The third-order valence-corrected chi connectivity index (χ3v) is 1.45. The fourth-order valence-electron chi connectivity index (χ4n) is 0.933. The van der Waals surface area contributed by atoms with E-state index in [1.807, 2.05) is 0 Å².